The second-order valence-electron chi connectivity index (χ2n) is 4.96. The largest absolute Gasteiger partial charge is 0.461 e. The van der Waals surface area contributed by atoms with Crippen molar-refractivity contribution in [2.24, 2.45) is 0 Å². The molecule has 0 saturated heterocycles. The number of nitrogen functional groups attached to an aromatic ring is 1. The number of anilines is 1. The predicted octanol–water partition coefficient (Wildman–Crippen LogP) is 3.28. The Morgan fingerprint density at radius 1 is 1.28 bits per heavy atom. The molecule has 0 spiro atoms. The molecule has 1 aliphatic rings. The Hall–Kier alpha value is -1.84. The molecule has 0 atom stereocenters. The van der Waals surface area contributed by atoms with Crippen molar-refractivity contribution in [3.63, 3.8) is 0 Å². The van der Waals surface area contributed by atoms with Crippen LogP contribution in [-0.4, -0.2) is 9.97 Å². The standard InChI is InChI=1S/C14H17N3O/c1-9-6-7-18-13(9)14-16-11(8-12(15)17-14)10-4-2-3-5-10/h6-8,10H,2-5H2,1H3,(H2,15,16,17). The van der Waals surface area contributed by atoms with Gasteiger partial charge in [-0.2, -0.15) is 0 Å². The highest BCUT2D eigenvalue weighted by atomic mass is 16.3. The minimum Gasteiger partial charge on any atom is -0.461 e. The molecular formula is C14H17N3O. The van der Waals surface area contributed by atoms with Crippen LogP contribution in [0.5, 0.6) is 0 Å². The van der Waals surface area contributed by atoms with Crippen molar-refractivity contribution in [1.29, 1.82) is 0 Å². The first-order valence-corrected chi connectivity index (χ1v) is 6.43. The first-order valence-electron chi connectivity index (χ1n) is 6.43. The van der Waals surface area contributed by atoms with Gasteiger partial charge >= 0.3 is 0 Å². The van der Waals surface area contributed by atoms with Gasteiger partial charge < -0.3 is 10.2 Å². The van der Waals surface area contributed by atoms with Crippen molar-refractivity contribution < 1.29 is 4.42 Å². The molecule has 2 aromatic rings. The van der Waals surface area contributed by atoms with Gasteiger partial charge in [0.1, 0.15) is 5.82 Å². The summed E-state index contributed by atoms with van der Waals surface area (Å²) >= 11 is 0. The van der Waals surface area contributed by atoms with Crippen molar-refractivity contribution in [1.82, 2.24) is 9.97 Å². The third kappa shape index (κ3) is 1.98. The summed E-state index contributed by atoms with van der Waals surface area (Å²) in [7, 11) is 0. The lowest BCUT2D eigenvalue weighted by Crippen LogP contribution is -2.03. The van der Waals surface area contributed by atoms with Crippen LogP contribution in [0.3, 0.4) is 0 Å². The number of nitrogens with two attached hydrogens (primary N) is 1. The van der Waals surface area contributed by atoms with Crippen LogP contribution >= 0.6 is 0 Å². The number of furan rings is 1. The van der Waals surface area contributed by atoms with Gasteiger partial charge in [0.05, 0.1) is 6.26 Å². The predicted molar refractivity (Wildman–Crippen MR) is 70.1 cm³/mol. The maximum Gasteiger partial charge on any atom is 0.198 e. The number of nitrogens with zero attached hydrogens (tertiary/aromatic N) is 2. The van der Waals surface area contributed by atoms with Crippen molar-refractivity contribution >= 4 is 5.82 Å². The zero-order chi connectivity index (χ0) is 12.5. The molecule has 4 nitrogen and oxygen atoms in total. The molecule has 0 aromatic carbocycles. The molecule has 1 fully saturated rings. The van der Waals surface area contributed by atoms with Crippen LogP contribution in [0.15, 0.2) is 22.8 Å². The van der Waals surface area contributed by atoms with Crippen LogP contribution in [0.1, 0.15) is 42.9 Å². The number of hydrogen-bond donors (Lipinski definition) is 1. The molecule has 4 heteroatoms. The summed E-state index contributed by atoms with van der Waals surface area (Å²) in [5.41, 5.74) is 7.99. The Labute approximate surface area is 106 Å². The van der Waals surface area contributed by atoms with E-state index in [9.17, 15) is 0 Å². The van der Waals surface area contributed by atoms with Crippen molar-refractivity contribution in [2.45, 2.75) is 38.5 Å². The molecule has 0 radical (unpaired) electrons. The minimum absolute atomic E-state index is 0.526. The molecule has 0 aliphatic heterocycles. The fraction of sp³-hybridized carbons (Fsp3) is 0.429. The highest BCUT2D eigenvalue weighted by molar-refractivity contribution is 5.54. The number of hydrogen-bond acceptors (Lipinski definition) is 4. The number of aryl methyl sites for hydroxylation is 1. The summed E-state index contributed by atoms with van der Waals surface area (Å²) in [4.78, 5) is 8.92. The van der Waals surface area contributed by atoms with Crippen LogP contribution in [0.25, 0.3) is 11.6 Å². The molecule has 0 amide bonds. The third-order valence-corrected chi connectivity index (χ3v) is 3.60. The maximum atomic E-state index is 5.89. The third-order valence-electron chi connectivity index (χ3n) is 3.60. The summed E-state index contributed by atoms with van der Waals surface area (Å²) in [5, 5.41) is 0. The monoisotopic (exact) mass is 243 g/mol. The van der Waals surface area contributed by atoms with E-state index in [2.05, 4.69) is 9.97 Å². The van der Waals surface area contributed by atoms with Gasteiger partial charge in [-0.15, -0.1) is 0 Å². The zero-order valence-corrected chi connectivity index (χ0v) is 10.5. The van der Waals surface area contributed by atoms with Gasteiger partial charge in [-0.25, -0.2) is 9.97 Å². The fourth-order valence-electron chi connectivity index (χ4n) is 2.62. The lowest BCUT2D eigenvalue weighted by Gasteiger charge is -2.10. The van der Waals surface area contributed by atoms with Gasteiger partial charge in [0, 0.05) is 17.7 Å². The molecule has 2 aromatic heterocycles. The molecule has 2 heterocycles. The molecular weight excluding hydrogens is 226 g/mol. The van der Waals surface area contributed by atoms with Gasteiger partial charge in [-0.1, -0.05) is 12.8 Å². The second-order valence-corrected chi connectivity index (χ2v) is 4.96. The van der Waals surface area contributed by atoms with E-state index < -0.39 is 0 Å². The first-order chi connectivity index (χ1) is 8.74. The Kier molecular flexibility index (Phi) is 2.78. The quantitative estimate of drug-likeness (QED) is 0.879. The summed E-state index contributed by atoms with van der Waals surface area (Å²) < 4.78 is 5.44. The van der Waals surface area contributed by atoms with E-state index in [1.807, 2.05) is 19.1 Å². The Morgan fingerprint density at radius 2 is 2.06 bits per heavy atom. The number of rotatable bonds is 2. The van der Waals surface area contributed by atoms with E-state index in [-0.39, 0.29) is 0 Å². The topological polar surface area (TPSA) is 64.9 Å². The van der Waals surface area contributed by atoms with Crippen LogP contribution in [-0.2, 0) is 0 Å². The molecule has 94 valence electrons. The average molecular weight is 243 g/mol. The normalized spacial score (nSPS) is 16.3. The molecule has 1 aliphatic carbocycles. The lowest BCUT2D eigenvalue weighted by atomic mass is 10.0. The van der Waals surface area contributed by atoms with Crippen LogP contribution < -0.4 is 5.73 Å². The highest BCUT2D eigenvalue weighted by Gasteiger charge is 2.20. The van der Waals surface area contributed by atoms with E-state index in [0.717, 1.165) is 17.0 Å². The molecule has 3 rings (SSSR count). The van der Waals surface area contributed by atoms with E-state index in [4.69, 9.17) is 10.2 Å². The van der Waals surface area contributed by atoms with E-state index in [0.29, 0.717) is 17.6 Å². The van der Waals surface area contributed by atoms with Crippen molar-refractivity contribution in [3.8, 4) is 11.6 Å². The van der Waals surface area contributed by atoms with Gasteiger partial charge in [0.25, 0.3) is 0 Å². The van der Waals surface area contributed by atoms with Crippen molar-refractivity contribution in [3.05, 3.63) is 29.7 Å². The van der Waals surface area contributed by atoms with Crippen LogP contribution in [0.2, 0.25) is 0 Å². The summed E-state index contributed by atoms with van der Waals surface area (Å²) in [5.74, 6) is 2.39. The van der Waals surface area contributed by atoms with Gasteiger partial charge in [-0.05, 0) is 31.4 Å². The van der Waals surface area contributed by atoms with E-state index in [1.165, 1.54) is 25.7 Å². The zero-order valence-electron chi connectivity index (χ0n) is 10.5. The molecule has 2 N–H and O–H groups in total. The van der Waals surface area contributed by atoms with Crippen LogP contribution in [0, 0.1) is 6.92 Å². The molecule has 18 heavy (non-hydrogen) atoms. The Morgan fingerprint density at radius 3 is 2.72 bits per heavy atom. The smallest absolute Gasteiger partial charge is 0.198 e. The Bertz CT molecular complexity index is 556. The fourth-order valence-corrected chi connectivity index (χ4v) is 2.62. The van der Waals surface area contributed by atoms with Gasteiger partial charge in [0.15, 0.2) is 11.6 Å². The van der Waals surface area contributed by atoms with E-state index in [1.54, 1.807) is 6.26 Å². The second kappa shape index (κ2) is 4.44. The maximum absolute atomic E-state index is 5.89. The summed E-state index contributed by atoms with van der Waals surface area (Å²) in [6.07, 6.45) is 6.62. The average Bonchev–Trinajstić information content (AvgIpc) is 2.98. The van der Waals surface area contributed by atoms with E-state index >= 15 is 0 Å². The van der Waals surface area contributed by atoms with Gasteiger partial charge in [-0.3, -0.25) is 0 Å². The Balaban J connectivity index is 2.03. The molecule has 0 unspecified atom stereocenters. The lowest BCUT2D eigenvalue weighted by molar-refractivity contribution is 0.574. The van der Waals surface area contributed by atoms with Crippen molar-refractivity contribution in [2.75, 3.05) is 5.73 Å². The van der Waals surface area contributed by atoms with Gasteiger partial charge in [0.2, 0.25) is 0 Å². The molecule has 0 bridgehead atoms. The SMILES string of the molecule is Cc1ccoc1-c1nc(N)cc(C2CCCC2)n1. The first kappa shape index (κ1) is 11.3. The summed E-state index contributed by atoms with van der Waals surface area (Å²) in [6.45, 7) is 1.99. The van der Waals surface area contributed by atoms with Crippen LogP contribution in [0.4, 0.5) is 5.82 Å². The highest BCUT2D eigenvalue weighted by Crippen LogP contribution is 2.34. The summed E-state index contributed by atoms with van der Waals surface area (Å²) in [6, 6.07) is 3.81. The molecule has 1 saturated carbocycles. The minimum atomic E-state index is 0.526. The number of aromatic nitrogens is 2.